The fraction of sp³-hybridized carbons (Fsp3) is 0.350. The molecule has 160 valence electrons. The van der Waals surface area contributed by atoms with Gasteiger partial charge in [0.25, 0.3) is 11.5 Å². The van der Waals surface area contributed by atoms with Gasteiger partial charge in [0.2, 0.25) is 10.0 Å². The lowest BCUT2D eigenvalue weighted by atomic mass is 10.1. The molecule has 2 aromatic heterocycles. The minimum atomic E-state index is -3.49. The van der Waals surface area contributed by atoms with Crippen LogP contribution in [0.1, 0.15) is 40.2 Å². The van der Waals surface area contributed by atoms with Crippen molar-refractivity contribution in [1.29, 1.82) is 0 Å². The summed E-state index contributed by atoms with van der Waals surface area (Å²) in [4.78, 5) is 30.3. The molecule has 0 aliphatic heterocycles. The molecule has 2 N–H and O–H groups in total. The molecule has 0 aliphatic carbocycles. The number of hydrogen-bond donors (Lipinski definition) is 2. The Hall–Kier alpha value is -2.56. The van der Waals surface area contributed by atoms with Crippen molar-refractivity contribution in [2.24, 2.45) is 7.05 Å². The number of benzene rings is 1. The van der Waals surface area contributed by atoms with Crippen LogP contribution < -0.4 is 15.6 Å². The van der Waals surface area contributed by atoms with Crippen molar-refractivity contribution in [2.75, 3.05) is 0 Å². The summed E-state index contributed by atoms with van der Waals surface area (Å²) in [6.07, 6.45) is 1.43. The quantitative estimate of drug-likeness (QED) is 0.575. The first-order valence-electron chi connectivity index (χ1n) is 9.38. The molecule has 1 amide bonds. The average molecular weight is 449 g/mol. The predicted octanol–water partition coefficient (Wildman–Crippen LogP) is 2.06. The van der Waals surface area contributed by atoms with Gasteiger partial charge in [-0.1, -0.05) is 24.3 Å². The summed E-state index contributed by atoms with van der Waals surface area (Å²) in [7, 11) is -1.87. The molecule has 0 aliphatic rings. The molecule has 0 saturated carbocycles. The summed E-state index contributed by atoms with van der Waals surface area (Å²) in [6, 6.07) is 6.89. The zero-order valence-electron chi connectivity index (χ0n) is 17.2. The van der Waals surface area contributed by atoms with Gasteiger partial charge in [-0.15, -0.1) is 11.3 Å². The molecular weight excluding hydrogens is 424 g/mol. The van der Waals surface area contributed by atoms with E-state index in [2.05, 4.69) is 15.0 Å². The smallest absolute Gasteiger partial charge is 0.262 e. The van der Waals surface area contributed by atoms with E-state index >= 15 is 0 Å². The van der Waals surface area contributed by atoms with Crippen LogP contribution in [-0.2, 0) is 29.4 Å². The highest BCUT2D eigenvalue weighted by molar-refractivity contribution is 7.88. The molecular formula is C20H24N4O4S2. The van der Waals surface area contributed by atoms with E-state index in [1.807, 2.05) is 0 Å². The van der Waals surface area contributed by atoms with Crippen molar-refractivity contribution in [1.82, 2.24) is 19.6 Å². The van der Waals surface area contributed by atoms with Gasteiger partial charge in [0.15, 0.2) is 0 Å². The highest BCUT2D eigenvalue weighted by Crippen LogP contribution is 2.26. The number of fused-ring (bicyclic) bond motifs is 1. The Balaban J connectivity index is 1.81. The molecule has 0 saturated heterocycles. The van der Waals surface area contributed by atoms with Crippen LogP contribution in [0, 0.1) is 6.92 Å². The fourth-order valence-corrected chi connectivity index (χ4v) is 5.71. The van der Waals surface area contributed by atoms with Crippen LogP contribution in [0.2, 0.25) is 0 Å². The normalized spacial score (nSPS) is 11.9. The Morgan fingerprint density at radius 1 is 1.23 bits per heavy atom. The van der Waals surface area contributed by atoms with Crippen LogP contribution in [0.3, 0.4) is 0 Å². The molecule has 0 spiro atoms. The highest BCUT2D eigenvalue weighted by Gasteiger charge is 2.20. The lowest BCUT2D eigenvalue weighted by Gasteiger charge is -2.13. The van der Waals surface area contributed by atoms with Crippen molar-refractivity contribution < 1.29 is 13.2 Å². The topological polar surface area (TPSA) is 110 Å². The average Bonchev–Trinajstić information content (AvgIpc) is 2.99. The molecule has 3 rings (SSSR count). The lowest BCUT2D eigenvalue weighted by Crippen LogP contribution is -2.31. The van der Waals surface area contributed by atoms with Crippen molar-refractivity contribution in [2.45, 2.75) is 39.1 Å². The maximum absolute atomic E-state index is 12.8. The number of carbonyl (C=O) groups is 1. The Morgan fingerprint density at radius 2 is 1.90 bits per heavy atom. The number of nitrogens with one attached hydrogen (secondary N) is 2. The first-order chi connectivity index (χ1) is 14.1. The van der Waals surface area contributed by atoms with Gasteiger partial charge in [0.1, 0.15) is 4.83 Å². The minimum absolute atomic E-state index is 0.168. The van der Waals surface area contributed by atoms with E-state index in [1.165, 1.54) is 22.2 Å². The Labute approximate surface area is 179 Å². The molecule has 0 bridgehead atoms. The van der Waals surface area contributed by atoms with Gasteiger partial charge in [-0.3, -0.25) is 9.59 Å². The zero-order valence-corrected chi connectivity index (χ0v) is 18.9. The number of amides is 1. The van der Waals surface area contributed by atoms with Crippen LogP contribution >= 0.6 is 11.3 Å². The molecule has 1 aromatic carbocycles. The van der Waals surface area contributed by atoms with Gasteiger partial charge in [0.05, 0.1) is 22.3 Å². The zero-order chi connectivity index (χ0) is 22.1. The van der Waals surface area contributed by atoms with Crippen molar-refractivity contribution in [3.8, 4) is 0 Å². The summed E-state index contributed by atoms with van der Waals surface area (Å²) in [5.41, 5.74) is 1.74. The Morgan fingerprint density at radius 3 is 2.57 bits per heavy atom. The number of aryl methyl sites for hydroxylation is 2. The van der Waals surface area contributed by atoms with Gasteiger partial charge in [0, 0.05) is 19.6 Å². The highest BCUT2D eigenvalue weighted by atomic mass is 32.2. The number of carbonyl (C=O) groups excluding carboxylic acids is 1. The first-order valence-corrected chi connectivity index (χ1v) is 11.9. The molecule has 10 heteroatoms. The van der Waals surface area contributed by atoms with E-state index in [1.54, 1.807) is 52.1 Å². The van der Waals surface area contributed by atoms with Gasteiger partial charge in [-0.2, -0.15) is 0 Å². The third-order valence-corrected chi connectivity index (χ3v) is 7.26. The summed E-state index contributed by atoms with van der Waals surface area (Å²) in [6.45, 7) is 5.43. The number of thiophene rings is 1. The van der Waals surface area contributed by atoms with Gasteiger partial charge >= 0.3 is 0 Å². The van der Waals surface area contributed by atoms with E-state index in [-0.39, 0.29) is 29.8 Å². The predicted molar refractivity (Wildman–Crippen MR) is 118 cm³/mol. The molecule has 2 heterocycles. The van der Waals surface area contributed by atoms with Gasteiger partial charge in [-0.25, -0.2) is 18.1 Å². The second kappa shape index (κ2) is 8.66. The summed E-state index contributed by atoms with van der Waals surface area (Å²) in [5.74, 6) is -0.491. The van der Waals surface area contributed by atoms with Crippen LogP contribution in [0.4, 0.5) is 0 Å². The van der Waals surface area contributed by atoms with Crippen molar-refractivity contribution >= 4 is 37.5 Å². The molecule has 30 heavy (non-hydrogen) atoms. The molecule has 8 nitrogen and oxygen atoms in total. The van der Waals surface area contributed by atoms with Gasteiger partial charge in [-0.05, 0) is 37.5 Å². The van der Waals surface area contributed by atoms with E-state index in [4.69, 9.17) is 0 Å². The molecule has 0 atom stereocenters. The van der Waals surface area contributed by atoms with Crippen molar-refractivity contribution in [3.05, 3.63) is 62.5 Å². The molecule has 0 radical (unpaired) electrons. The number of hydrogen-bond acceptors (Lipinski definition) is 6. The SMILES string of the molecule is Cc1c(C(=O)NCc2ccccc2CS(=O)(=O)NC(C)C)sc2ncn(C)c(=O)c12. The monoisotopic (exact) mass is 448 g/mol. The van der Waals surface area contributed by atoms with Crippen LogP contribution in [-0.4, -0.2) is 29.9 Å². The third-order valence-electron chi connectivity index (χ3n) is 4.54. The second-order valence-corrected chi connectivity index (χ2v) is 10.1. The third kappa shape index (κ3) is 4.77. The molecule has 0 fully saturated rings. The second-order valence-electron chi connectivity index (χ2n) is 7.38. The molecule has 3 aromatic rings. The summed E-state index contributed by atoms with van der Waals surface area (Å²) in [5, 5.41) is 3.28. The standard InChI is InChI=1S/C20H24N4O4S2/c1-12(2)23-30(27,28)10-15-8-6-5-7-14(15)9-21-18(25)17-13(3)16-19(29-17)22-11-24(4)20(16)26/h5-8,11-12,23H,9-10H2,1-4H3,(H,21,25). The van der Waals surface area contributed by atoms with E-state index in [0.29, 0.717) is 31.8 Å². The van der Waals surface area contributed by atoms with E-state index < -0.39 is 10.0 Å². The van der Waals surface area contributed by atoms with Crippen LogP contribution in [0.15, 0.2) is 35.4 Å². The minimum Gasteiger partial charge on any atom is -0.347 e. The summed E-state index contributed by atoms with van der Waals surface area (Å²) < 4.78 is 28.5. The number of nitrogens with zero attached hydrogens (tertiary/aromatic N) is 2. The van der Waals surface area contributed by atoms with Crippen LogP contribution in [0.5, 0.6) is 0 Å². The Kier molecular flexibility index (Phi) is 6.39. The molecule has 0 unspecified atom stereocenters. The number of aromatic nitrogens is 2. The van der Waals surface area contributed by atoms with Crippen molar-refractivity contribution in [3.63, 3.8) is 0 Å². The maximum atomic E-state index is 12.8. The number of rotatable bonds is 7. The summed E-state index contributed by atoms with van der Waals surface area (Å²) >= 11 is 1.17. The maximum Gasteiger partial charge on any atom is 0.262 e. The number of sulfonamides is 1. The van der Waals surface area contributed by atoms with E-state index in [9.17, 15) is 18.0 Å². The fourth-order valence-electron chi connectivity index (χ4n) is 3.16. The first kappa shape index (κ1) is 22.1. The van der Waals surface area contributed by atoms with E-state index in [0.717, 1.165) is 0 Å². The van der Waals surface area contributed by atoms with Gasteiger partial charge < -0.3 is 9.88 Å². The largest absolute Gasteiger partial charge is 0.347 e. The van der Waals surface area contributed by atoms with Crippen LogP contribution in [0.25, 0.3) is 10.2 Å². The Bertz CT molecular complexity index is 1260. The lowest BCUT2D eigenvalue weighted by molar-refractivity contribution is 0.0954.